The second-order valence-electron chi connectivity index (χ2n) is 4.55. The molecule has 2 heterocycles. The zero-order valence-corrected chi connectivity index (χ0v) is 11.7. The van der Waals surface area contributed by atoms with Gasteiger partial charge in [-0.05, 0) is 12.8 Å². The minimum atomic E-state index is -3.14. The van der Waals surface area contributed by atoms with Crippen molar-refractivity contribution in [1.82, 2.24) is 15.2 Å². The number of rotatable bonds is 3. The van der Waals surface area contributed by atoms with Crippen molar-refractivity contribution in [2.24, 2.45) is 12.9 Å². The van der Waals surface area contributed by atoms with Crippen LogP contribution in [0.3, 0.4) is 0 Å². The number of halogens is 1. The van der Waals surface area contributed by atoms with E-state index < -0.39 is 21.1 Å². The zero-order chi connectivity index (χ0) is 13.3. The minimum Gasteiger partial charge on any atom is -0.271 e. The highest BCUT2D eigenvalue weighted by Crippen LogP contribution is 2.33. The second-order valence-corrected chi connectivity index (χ2v) is 7.29. The summed E-state index contributed by atoms with van der Waals surface area (Å²) in [6.45, 7) is 0. The minimum absolute atomic E-state index is 0.214. The first-order valence-corrected chi connectivity index (χ1v) is 7.92. The van der Waals surface area contributed by atoms with E-state index in [4.69, 9.17) is 17.4 Å². The Kier molecular flexibility index (Phi) is 3.96. The lowest BCUT2D eigenvalue weighted by atomic mass is 10.0. The summed E-state index contributed by atoms with van der Waals surface area (Å²) in [5.41, 5.74) is 3.21. The third kappa shape index (κ3) is 2.40. The van der Waals surface area contributed by atoms with Gasteiger partial charge in [0.2, 0.25) is 0 Å². The van der Waals surface area contributed by atoms with Crippen LogP contribution in [0.25, 0.3) is 0 Å². The molecule has 3 N–H and O–H groups in total. The molecule has 18 heavy (non-hydrogen) atoms. The van der Waals surface area contributed by atoms with Crippen molar-refractivity contribution in [2.45, 2.75) is 30.6 Å². The molecule has 1 aliphatic heterocycles. The Hall–Kier alpha value is -0.630. The molecule has 1 aliphatic rings. The summed E-state index contributed by atoms with van der Waals surface area (Å²) in [7, 11) is -1.41. The van der Waals surface area contributed by atoms with Crippen molar-refractivity contribution < 1.29 is 8.42 Å². The molecule has 0 aromatic carbocycles. The van der Waals surface area contributed by atoms with E-state index in [1.807, 2.05) is 0 Å². The lowest BCUT2D eigenvalue weighted by Gasteiger charge is -2.29. The molecule has 0 radical (unpaired) electrons. The SMILES string of the molecule is Cn1ncc(Cl)c1C(NN)C1CCCCS1(=O)=O. The molecule has 2 atom stereocenters. The van der Waals surface area contributed by atoms with Crippen molar-refractivity contribution in [3.63, 3.8) is 0 Å². The fourth-order valence-corrected chi connectivity index (χ4v) is 4.83. The smallest absolute Gasteiger partial charge is 0.155 e. The van der Waals surface area contributed by atoms with Gasteiger partial charge in [0.05, 0.1) is 34.0 Å². The molecule has 102 valence electrons. The summed E-state index contributed by atoms with van der Waals surface area (Å²) >= 11 is 6.06. The fraction of sp³-hybridized carbons (Fsp3) is 0.700. The Bertz CT molecular complexity index is 508. The van der Waals surface area contributed by atoms with Crippen LogP contribution in [0.15, 0.2) is 6.20 Å². The lowest BCUT2D eigenvalue weighted by Crippen LogP contribution is -2.44. The number of aromatic nitrogens is 2. The quantitative estimate of drug-likeness (QED) is 0.627. The van der Waals surface area contributed by atoms with E-state index in [0.29, 0.717) is 17.1 Å². The van der Waals surface area contributed by atoms with Gasteiger partial charge in [0.25, 0.3) is 0 Å². The summed E-state index contributed by atoms with van der Waals surface area (Å²) in [4.78, 5) is 0. The number of aryl methyl sites for hydroxylation is 1. The van der Waals surface area contributed by atoms with Gasteiger partial charge in [-0.3, -0.25) is 16.0 Å². The number of sulfone groups is 1. The predicted molar refractivity (Wildman–Crippen MR) is 69.7 cm³/mol. The van der Waals surface area contributed by atoms with Gasteiger partial charge >= 0.3 is 0 Å². The summed E-state index contributed by atoms with van der Waals surface area (Å²) in [6, 6.07) is -0.518. The van der Waals surface area contributed by atoms with Gasteiger partial charge in [-0.25, -0.2) is 8.42 Å². The Morgan fingerprint density at radius 2 is 2.33 bits per heavy atom. The van der Waals surface area contributed by atoms with Gasteiger partial charge in [0.1, 0.15) is 0 Å². The molecule has 1 aromatic rings. The van der Waals surface area contributed by atoms with Gasteiger partial charge in [0.15, 0.2) is 9.84 Å². The maximum Gasteiger partial charge on any atom is 0.155 e. The first kappa shape index (κ1) is 13.8. The topological polar surface area (TPSA) is 90.0 Å². The van der Waals surface area contributed by atoms with Gasteiger partial charge in [-0.15, -0.1) is 0 Å². The van der Waals surface area contributed by atoms with E-state index in [9.17, 15) is 8.42 Å². The van der Waals surface area contributed by atoms with Crippen molar-refractivity contribution in [2.75, 3.05) is 5.75 Å². The van der Waals surface area contributed by atoms with Crippen LogP contribution in [-0.4, -0.2) is 29.2 Å². The molecule has 0 aliphatic carbocycles. The first-order valence-electron chi connectivity index (χ1n) is 5.82. The highest BCUT2D eigenvalue weighted by Gasteiger charge is 2.38. The second kappa shape index (κ2) is 5.16. The van der Waals surface area contributed by atoms with E-state index >= 15 is 0 Å². The van der Waals surface area contributed by atoms with Crippen LogP contribution in [0, 0.1) is 0 Å². The highest BCUT2D eigenvalue weighted by molar-refractivity contribution is 7.92. The number of nitrogens with one attached hydrogen (secondary N) is 1. The van der Waals surface area contributed by atoms with Crippen molar-refractivity contribution in [3.05, 3.63) is 16.9 Å². The maximum absolute atomic E-state index is 12.1. The molecule has 2 rings (SSSR count). The number of hydrogen-bond donors (Lipinski definition) is 2. The summed E-state index contributed by atoms with van der Waals surface area (Å²) in [5, 5.41) is 3.92. The highest BCUT2D eigenvalue weighted by atomic mass is 35.5. The van der Waals surface area contributed by atoms with Crippen molar-refractivity contribution in [1.29, 1.82) is 0 Å². The molecule has 1 saturated heterocycles. The third-order valence-electron chi connectivity index (χ3n) is 3.41. The van der Waals surface area contributed by atoms with Crippen molar-refractivity contribution >= 4 is 21.4 Å². The first-order chi connectivity index (χ1) is 8.47. The average molecular weight is 293 g/mol. The Morgan fingerprint density at radius 1 is 1.61 bits per heavy atom. The Balaban J connectivity index is 2.40. The molecule has 8 heteroatoms. The fourth-order valence-electron chi connectivity index (χ4n) is 2.49. The standard InChI is InChI=1S/C10H17ClN4O2S/c1-15-10(7(11)6-13-15)9(14-12)8-4-2-3-5-18(8,16)17/h6,8-9,14H,2-5,12H2,1H3. The van der Waals surface area contributed by atoms with Gasteiger partial charge in [-0.1, -0.05) is 18.0 Å². The van der Waals surface area contributed by atoms with E-state index in [1.54, 1.807) is 11.7 Å². The monoisotopic (exact) mass is 292 g/mol. The molecule has 0 amide bonds. The van der Waals surface area contributed by atoms with Crippen LogP contribution in [0.4, 0.5) is 0 Å². The van der Waals surface area contributed by atoms with Crippen LogP contribution < -0.4 is 11.3 Å². The number of nitrogens with two attached hydrogens (primary N) is 1. The summed E-state index contributed by atoms with van der Waals surface area (Å²) < 4.78 is 25.8. The van der Waals surface area contributed by atoms with Gasteiger partial charge < -0.3 is 0 Å². The summed E-state index contributed by atoms with van der Waals surface area (Å²) in [5.74, 6) is 5.75. The molecule has 1 aromatic heterocycles. The average Bonchev–Trinajstić information content (AvgIpc) is 2.63. The molecule has 1 fully saturated rings. The molecule has 2 unspecified atom stereocenters. The van der Waals surface area contributed by atoms with E-state index in [-0.39, 0.29) is 5.75 Å². The largest absolute Gasteiger partial charge is 0.271 e. The van der Waals surface area contributed by atoms with E-state index in [0.717, 1.165) is 12.8 Å². The Labute approximate surface area is 111 Å². The molecule has 6 nitrogen and oxygen atoms in total. The van der Waals surface area contributed by atoms with Crippen LogP contribution in [0.2, 0.25) is 5.02 Å². The van der Waals surface area contributed by atoms with Crippen molar-refractivity contribution in [3.8, 4) is 0 Å². The zero-order valence-electron chi connectivity index (χ0n) is 10.1. The summed E-state index contributed by atoms with van der Waals surface area (Å²) in [6.07, 6.45) is 3.70. The third-order valence-corrected chi connectivity index (χ3v) is 5.99. The normalized spacial score (nSPS) is 24.9. The molecule has 0 saturated carbocycles. The van der Waals surface area contributed by atoms with E-state index in [1.165, 1.54) is 6.20 Å². The molecule has 0 bridgehead atoms. The van der Waals surface area contributed by atoms with Gasteiger partial charge in [0, 0.05) is 7.05 Å². The van der Waals surface area contributed by atoms with Crippen LogP contribution in [0.1, 0.15) is 31.0 Å². The van der Waals surface area contributed by atoms with Crippen LogP contribution >= 0.6 is 11.6 Å². The maximum atomic E-state index is 12.1. The van der Waals surface area contributed by atoms with Crippen LogP contribution in [-0.2, 0) is 16.9 Å². The molecular formula is C10H17ClN4O2S. The number of hydrazine groups is 1. The molecular weight excluding hydrogens is 276 g/mol. The van der Waals surface area contributed by atoms with Crippen LogP contribution in [0.5, 0.6) is 0 Å². The number of nitrogens with zero attached hydrogens (tertiary/aromatic N) is 2. The molecule has 0 spiro atoms. The van der Waals surface area contributed by atoms with E-state index in [2.05, 4.69) is 10.5 Å². The lowest BCUT2D eigenvalue weighted by molar-refractivity contribution is 0.434. The Morgan fingerprint density at radius 3 is 2.83 bits per heavy atom. The van der Waals surface area contributed by atoms with Gasteiger partial charge in [-0.2, -0.15) is 5.10 Å². The number of hydrogen-bond acceptors (Lipinski definition) is 5. The predicted octanol–water partition coefficient (Wildman–Crippen LogP) is 0.545.